The van der Waals surface area contributed by atoms with Crippen molar-refractivity contribution in [3.63, 3.8) is 0 Å². The molecule has 3 heteroatoms. The van der Waals surface area contributed by atoms with Crippen LogP contribution in [-0.2, 0) is 9.53 Å². The van der Waals surface area contributed by atoms with E-state index in [1.165, 1.54) is 6.08 Å². The van der Waals surface area contributed by atoms with Gasteiger partial charge in [0.15, 0.2) is 0 Å². The van der Waals surface area contributed by atoms with Gasteiger partial charge in [-0.25, -0.2) is 0 Å². The first-order valence-electron chi connectivity index (χ1n) is 5.00. The fourth-order valence-corrected chi connectivity index (χ4v) is 2.51. The van der Waals surface area contributed by atoms with Crippen molar-refractivity contribution >= 4 is 5.91 Å². The molecule has 0 radical (unpaired) electrons. The van der Waals surface area contributed by atoms with E-state index in [1.807, 2.05) is 4.90 Å². The van der Waals surface area contributed by atoms with Crippen molar-refractivity contribution in [1.82, 2.24) is 4.90 Å². The standard InChI is InChI=1S/C11H17NO2/c1-4-9(13)12-5-10(2)7-14-8-11(10,3)6-12/h4H,1,5-8H2,2-3H3. The van der Waals surface area contributed by atoms with Crippen LogP contribution in [0, 0.1) is 10.8 Å². The van der Waals surface area contributed by atoms with Gasteiger partial charge in [-0.05, 0) is 6.08 Å². The highest BCUT2D eigenvalue weighted by atomic mass is 16.5. The number of hydrogen-bond acceptors (Lipinski definition) is 2. The maximum atomic E-state index is 11.5. The van der Waals surface area contributed by atoms with Gasteiger partial charge >= 0.3 is 0 Å². The monoisotopic (exact) mass is 195 g/mol. The van der Waals surface area contributed by atoms with E-state index in [0.717, 1.165) is 26.3 Å². The average Bonchev–Trinajstić information content (AvgIpc) is 2.52. The molecule has 78 valence electrons. The summed E-state index contributed by atoms with van der Waals surface area (Å²) in [7, 11) is 0. The van der Waals surface area contributed by atoms with E-state index >= 15 is 0 Å². The minimum absolute atomic E-state index is 0.0434. The normalized spacial score (nSPS) is 41.1. The van der Waals surface area contributed by atoms with Gasteiger partial charge in [-0.3, -0.25) is 4.79 Å². The van der Waals surface area contributed by atoms with E-state index < -0.39 is 0 Å². The zero-order chi connectivity index (χ0) is 10.4. The molecule has 2 aliphatic rings. The van der Waals surface area contributed by atoms with Crippen LogP contribution in [0.4, 0.5) is 0 Å². The largest absolute Gasteiger partial charge is 0.380 e. The van der Waals surface area contributed by atoms with Gasteiger partial charge in [0.2, 0.25) is 5.91 Å². The van der Waals surface area contributed by atoms with Gasteiger partial charge in [0.1, 0.15) is 0 Å². The van der Waals surface area contributed by atoms with Gasteiger partial charge in [0.25, 0.3) is 0 Å². The number of hydrogen-bond donors (Lipinski definition) is 0. The molecule has 0 aromatic heterocycles. The third-order valence-electron chi connectivity index (χ3n) is 3.86. The molecule has 0 N–H and O–H groups in total. The van der Waals surface area contributed by atoms with Gasteiger partial charge in [-0.15, -0.1) is 0 Å². The summed E-state index contributed by atoms with van der Waals surface area (Å²) in [6, 6.07) is 0. The lowest BCUT2D eigenvalue weighted by Gasteiger charge is -2.29. The van der Waals surface area contributed by atoms with Crippen molar-refractivity contribution in [1.29, 1.82) is 0 Å². The summed E-state index contributed by atoms with van der Waals surface area (Å²) >= 11 is 0. The second-order valence-electron chi connectivity index (χ2n) is 5.01. The van der Waals surface area contributed by atoms with Crippen LogP contribution in [0.25, 0.3) is 0 Å². The molecule has 2 saturated heterocycles. The Bertz CT molecular complexity index is 271. The molecule has 3 nitrogen and oxygen atoms in total. The number of rotatable bonds is 1. The van der Waals surface area contributed by atoms with Gasteiger partial charge < -0.3 is 9.64 Å². The summed E-state index contributed by atoms with van der Waals surface area (Å²) in [6.07, 6.45) is 1.40. The highest BCUT2D eigenvalue weighted by molar-refractivity contribution is 5.87. The third-order valence-corrected chi connectivity index (χ3v) is 3.86. The summed E-state index contributed by atoms with van der Waals surface area (Å²) < 4.78 is 5.52. The Morgan fingerprint density at radius 3 is 2.29 bits per heavy atom. The van der Waals surface area contributed by atoms with Gasteiger partial charge in [-0.1, -0.05) is 20.4 Å². The molecule has 2 atom stereocenters. The van der Waals surface area contributed by atoms with E-state index in [-0.39, 0.29) is 16.7 Å². The van der Waals surface area contributed by atoms with Crippen molar-refractivity contribution in [3.05, 3.63) is 12.7 Å². The van der Waals surface area contributed by atoms with Gasteiger partial charge in [0, 0.05) is 23.9 Å². The Labute approximate surface area is 84.7 Å². The Hall–Kier alpha value is -0.830. The molecule has 0 aliphatic carbocycles. The predicted molar refractivity (Wildman–Crippen MR) is 53.8 cm³/mol. The van der Waals surface area contributed by atoms with E-state index in [0.29, 0.717) is 0 Å². The van der Waals surface area contributed by atoms with Crippen LogP contribution in [0.5, 0.6) is 0 Å². The summed E-state index contributed by atoms with van der Waals surface area (Å²) in [6.45, 7) is 11.1. The number of likely N-dealkylation sites (tertiary alicyclic amines) is 1. The molecule has 2 rings (SSSR count). The number of nitrogens with zero attached hydrogens (tertiary/aromatic N) is 1. The molecule has 0 bridgehead atoms. The third kappa shape index (κ3) is 1.12. The minimum Gasteiger partial charge on any atom is -0.380 e. The number of amides is 1. The molecule has 2 unspecified atom stereocenters. The van der Waals surface area contributed by atoms with E-state index in [4.69, 9.17) is 4.74 Å². The zero-order valence-corrected chi connectivity index (χ0v) is 8.88. The predicted octanol–water partition coefficient (Wildman–Crippen LogP) is 1.06. The molecule has 0 aromatic carbocycles. The minimum atomic E-state index is 0.0434. The number of carbonyl (C=O) groups excluding carboxylic acids is 1. The first-order valence-corrected chi connectivity index (χ1v) is 5.00. The topological polar surface area (TPSA) is 29.5 Å². The SMILES string of the molecule is C=CC(=O)N1CC2(C)COCC2(C)C1. The first-order chi connectivity index (χ1) is 6.51. The summed E-state index contributed by atoms with van der Waals surface area (Å²) in [5.74, 6) is 0.0434. The molecular weight excluding hydrogens is 178 g/mol. The van der Waals surface area contributed by atoms with Crippen molar-refractivity contribution in [2.75, 3.05) is 26.3 Å². The second kappa shape index (κ2) is 2.83. The fourth-order valence-electron chi connectivity index (χ4n) is 2.51. The molecule has 14 heavy (non-hydrogen) atoms. The van der Waals surface area contributed by atoms with E-state index in [2.05, 4.69) is 20.4 Å². The Morgan fingerprint density at radius 2 is 1.86 bits per heavy atom. The highest BCUT2D eigenvalue weighted by Crippen LogP contribution is 2.50. The van der Waals surface area contributed by atoms with Crippen molar-refractivity contribution in [2.24, 2.45) is 10.8 Å². The maximum Gasteiger partial charge on any atom is 0.245 e. The number of carbonyl (C=O) groups is 1. The van der Waals surface area contributed by atoms with Crippen LogP contribution in [0.1, 0.15) is 13.8 Å². The van der Waals surface area contributed by atoms with Crippen molar-refractivity contribution in [2.45, 2.75) is 13.8 Å². The van der Waals surface area contributed by atoms with Crippen molar-refractivity contribution in [3.8, 4) is 0 Å². The second-order valence-corrected chi connectivity index (χ2v) is 5.01. The molecule has 2 heterocycles. The number of ether oxygens (including phenoxy) is 1. The molecule has 2 aliphatic heterocycles. The molecule has 0 spiro atoms. The van der Waals surface area contributed by atoms with Crippen LogP contribution in [0.3, 0.4) is 0 Å². The molecule has 2 fully saturated rings. The fraction of sp³-hybridized carbons (Fsp3) is 0.727. The van der Waals surface area contributed by atoms with Crippen LogP contribution >= 0.6 is 0 Å². The lowest BCUT2D eigenvalue weighted by Crippen LogP contribution is -2.34. The van der Waals surface area contributed by atoms with Crippen LogP contribution < -0.4 is 0 Å². The van der Waals surface area contributed by atoms with Crippen LogP contribution in [-0.4, -0.2) is 37.1 Å². The smallest absolute Gasteiger partial charge is 0.245 e. The highest BCUT2D eigenvalue weighted by Gasteiger charge is 2.56. The lowest BCUT2D eigenvalue weighted by molar-refractivity contribution is -0.125. The van der Waals surface area contributed by atoms with Crippen LogP contribution in [0.2, 0.25) is 0 Å². The van der Waals surface area contributed by atoms with E-state index in [1.54, 1.807) is 0 Å². The molecule has 0 saturated carbocycles. The molecular formula is C11H17NO2. The van der Waals surface area contributed by atoms with Gasteiger partial charge in [0.05, 0.1) is 13.2 Å². The molecule has 1 amide bonds. The number of fused-ring (bicyclic) bond motifs is 1. The summed E-state index contributed by atoms with van der Waals surface area (Å²) in [5.41, 5.74) is 0.261. The zero-order valence-electron chi connectivity index (χ0n) is 8.88. The quantitative estimate of drug-likeness (QED) is 0.585. The molecule has 0 aromatic rings. The average molecular weight is 195 g/mol. The van der Waals surface area contributed by atoms with Gasteiger partial charge in [-0.2, -0.15) is 0 Å². The Morgan fingerprint density at radius 1 is 1.36 bits per heavy atom. The Balaban J connectivity index is 2.20. The first kappa shape index (κ1) is 9.71. The van der Waals surface area contributed by atoms with E-state index in [9.17, 15) is 4.79 Å². The lowest BCUT2D eigenvalue weighted by atomic mass is 9.71. The maximum absolute atomic E-state index is 11.5. The van der Waals surface area contributed by atoms with Crippen molar-refractivity contribution < 1.29 is 9.53 Å². The summed E-state index contributed by atoms with van der Waals surface area (Å²) in [5, 5.41) is 0. The summed E-state index contributed by atoms with van der Waals surface area (Å²) in [4.78, 5) is 13.4. The Kier molecular flexibility index (Phi) is 1.96. The van der Waals surface area contributed by atoms with Crippen LogP contribution in [0.15, 0.2) is 12.7 Å².